The van der Waals surface area contributed by atoms with Gasteiger partial charge >= 0.3 is 0 Å². The molecule has 0 unspecified atom stereocenters. The molecule has 2 nitrogen and oxygen atoms in total. The highest BCUT2D eigenvalue weighted by molar-refractivity contribution is 5.94. The average molecular weight is 252 g/mol. The maximum atomic E-state index is 11.2. The second-order valence-corrected chi connectivity index (χ2v) is 4.26. The number of ketones is 1. The average Bonchev–Trinajstić information content (AvgIpc) is 2.46. The molecule has 0 heterocycles. The minimum absolute atomic E-state index is 0.0672. The van der Waals surface area contributed by atoms with E-state index < -0.39 is 0 Å². The second kappa shape index (κ2) is 6.01. The Balaban J connectivity index is 2.32. The number of benzene rings is 2. The zero-order chi connectivity index (χ0) is 13.7. The van der Waals surface area contributed by atoms with Gasteiger partial charge in [0.1, 0.15) is 5.76 Å². The third-order valence-electron chi connectivity index (χ3n) is 2.89. The molecule has 0 aromatic heterocycles. The minimum Gasteiger partial charge on any atom is -0.496 e. The van der Waals surface area contributed by atoms with Gasteiger partial charge in [-0.15, -0.1) is 0 Å². The molecule has 2 rings (SSSR count). The van der Waals surface area contributed by atoms with Crippen LogP contribution in [0.25, 0.3) is 11.8 Å². The molecular weight excluding hydrogens is 236 g/mol. The Kier molecular flexibility index (Phi) is 4.14. The van der Waals surface area contributed by atoms with E-state index in [0.29, 0.717) is 5.56 Å². The maximum absolute atomic E-state index is 11.2. The first-order chi connectivity index (χ1) is 9.20. The first kappa shape index (κ1) is 13.1. The fourth-order valence-electron chi connectivity index (χ4n) is 1.83. The van der Waals surface area contributed by atoms with Crippen molar-refractivity contribution in [3.05, 3.63) is 71.3 Å². The lowest BCUT2D eigenvalue weighted by atomic mass is 10.1. The van der Waals surface area contributed by atoms with Gasteiger partial charge in [-0.25, -0.2) is 0 Å². The van der Waals surface area contributed by atoms with Crippen molar-refractivity contribution < 1.29 is 9.53 Å². The van der Waals surface area contributed by atoms with Crippen LogP contribution in [0.2, 0.25) is 0 Å². The van der Waals surface area contributed by atoms with Crippen LogP contribution >= 0.6 is 0 Å². The molecule has 2 aromatic carbocycles. The molecule has 0 radical (unpaired) electrons. The Morgan fingerprint density at radius 1 is 0.947 bits per heavy atom. The normalized spacial score (nSPS) is 11.2. The van der Waals surface area contributed by atoms with Gasteiger partial charge in [-0.05, 0) is 18.6 Å². The number of methoxy groups -OCH3 is 1. The molecule has 0 aliphatic heterocycles. The summed E-state index contributed by atoms with van der Waals surface area (Å²) >= 11 is 0. The summed E-state index contributed by atoms with van der Waals surface area (Å²) in [6, 6.07) is 17.4. The summed E-state index contributed by atoms with van der Waals surface area (Å²) in [5, 5.41) is 0. The molecule has 0 saturated carbocycles. The number of carbonyl (C=O) groups is 1. The maximum Gasteiger partial charge on any atom is 0.159 e. The van der Waals surface area contributed by atoms with Crippen molar-refractivity contribution in [2.24, 2.45) is 0 Å². The number of carbonyl (C=O) groups excluding carboxylic acids is 1. The topological polar surface area (TPSA) is 26.3 Å². The largest absolute Gasteiger partial charge is 0.496 e. The van der Waals surface area contributed by atoms with E-state index in [1.54, 1.807) is 14.0 Å². The lowest BCUT2D eigenvalue weighted by Crippen LogP contribution is -1.93. The Hall–Kier alpha value is -2.35. The number of hydrogen-bond acceptors (Lipinski definition) is 2. The van der Waals surface area contributed by atoms with E-state index in [1.165, 1.54) is 0 Å². The van der Waals surface area contributed by atoms with Crippen LogP contribution in [0.5, 0.6) is 0 Å². The van der Waals surface area contributed by atoms with Crippen LogP contribution in [-0.2, 0) is 4.74 Å². The zero-order valence-corrected chi connectivity index (χ0v) is 11.1. The van der Waals surface area contributed by atoms with Gasteiger partial charge in [0, 0.05) is 11.1 Å². The van der Waals surface area contributed by atoms with Crippen molar-refractivity contribution in [1.82, 2.24) is 0 Å². The molecule has 0 amide bonds. The standard InChI is InChI=1S/C17H16O2/c1-13(18)15-8-10-16(11-9-15)17(19-2)12-14-6-4-3-5-7-14/h3-12H,1-2H3/b17-12+. The fraction of sp³-hybridized carbons (Fsp3) is 0.118. The van der Waals surface area contributed by atoms with Crippen molar-refractivity contribution >= 4 is 17.6 Å². The highest BCUT2D eigenvalue weighted by Gasteiger charge is 2.04. The van der Waals surface area contributed by atoms with Gasteiger partial charge in [0.25, 0.3) is 0 Å². The van der Waals surface area contributed by atoms with E-state index in [0.717, 1.165) is 16.9 Å². The van der Waals surface area contributed by atoms with Gasteiger partial charge in [0.15, 0.2) is 5.78 Å². The third-order valence-corrected chi connectivity index (χ3v) is 2.89. The predicted molar refractivity (Wildman–Crippen MR) is 77.8 cm³/mol. The molecule has 96 valence electrons. The smallest absolute Gasteiger partial charge is 0.159 e. The van der Waals surface area contributed by atoms with E-state index in [2.05, 4.69) is 0 Å². The van der Waals surface area contributed by atoms with E-state index in [1.807, 2.05) is 60.7 Å². The number of ether oxygens (including phenoxy) is 1. The molecule has 2 heteroatoms. The fourth-order valence-corrected chi connectivity index (χ4v) is 1.83. The molecule has 0 aliphatic carbocycles. The molecule has 0 atom stereocenters. The molecule has 0 bridgehead atoms. The molecular formula is C17H16O2. The van der Waals surface area contributed by atoms with E-state index in [9.17, 15) is 4.79 Å². The van der Waals surface area contributed by atoms with Gasteiger partial charge in [0.2, 0.25) is 0 Å². The van der Waals surface area contributed by atoms with Crippen LogP contribution in [0.4, 0.5) is 0 Å². The van der Waals surface area contributed by atoms with Gasteiger partial charge < -0.3 is 4.74 Å². The Morgan fingerprint density at radius 3 is 2.05 bits per heavy atom. The first-order valence-electron chi connectivity index (χ1n) is 6.13. The van der Waals surface area contributed by atoms with Crippen LogP contribution in [0, 0.1) is 0 Å². The van der Waals surface area contributed by atoms with Gasteiger partial charge in [-0.3, -0.25) is 4.79 Å². The molecule has 0 N–H and O–H groups in total. The van der Waals surface area contributed by atoms with Gasteiger partial charge in [-0.1, -0.05) is 54.6 Å². The number of rotatable bonds is 4. The Morgan fingerprint density at radius 2 is 1.53 bits per heavy atom. The predicted octanol–water partition coefficient (Wildman–Crippen LogP) is 4.03. The summed E-state index contributed by atoms with van der Waals surface area (Å²) in [6.07, 6.45) is 1.97. The van der Waals surface area contributed by atoms with Crippen molar-refractivity contribution in [2.75, 3.05) is 7.11 Å². The highest BCUT2D eigenvalue weighted by atomic mass is 16.5. The Labute approximate surface area is 113 Å². The molecule has 2 aromatic rings. The van der Waals surface area contributed by atoms with E-state index >= 15 is 0 Å². The van der Waals surface area contributed by atoms with Crippen LogP contribution in [0.3, 0.4) is 0 Å². The lowest BCUT2D eigenvalue weighted by Gasteiger charge is -2.07. The third kappa shape index (κ3) is 3.32. The molecule has 0 saturated heterocycles. The monoisotopic (exact) mass is 252 g/mol. The molecule has 19 heavy (non-hydrogen) atoms. The SMILES string of the molecule is CO/C(=C/c1ccccc1)c1ccc(C(C)=O)cc1. The van der Waals surface area contributed by atoms with Crippen LogP contribution < -0.4 is 0 Å². The highest BCUT2D eigenvalue weighted by Crippen LogP contribution is 2.19. The quantitative estimate of drug-likeness (QED) is 0.466. The second-order valence-electron chi connectivity index (χ2n) is 4.26. The lowest BCUT2D eigenvalue weighted by molar-refractivity contribution is 0.101. The van der Waals surface area contributed by atoms with Crippen LogP contribution in [-0.4, -0.2) is 12.9 Å². The minimum atomic E-state index is 0.0672. The number of Topliss-reactive ketones (excluding diaryl/α,β-unsaturated/α-hetero) is 1. The van der Waals surface area contributed by atoms with Gasteiger partial charge in [-0.2, -0.15) is 0 Å². The van der Waals surface area contributed by atoms with Crippen molar-refractivity contribution in [2.45, 2.75) is 6.92 Å². The van der Waals surface area contributed by atoms with Crippen molar-refractivity contribution in [3.63, 3.8) is 0 Å². The molecule has 0 fully saturated rings. The van der Waals surface area contributed by atoms with Gasteiger partial charge in [0.05, 0.1) is 7.11 Å². The van der Waals surface area contributed by atoms with Crippen molar-refractivity contribution in [1.29, 1.82) is 0 Å². The summed E-state index contributed by atoms with van der Waals surface area (Å²) in [6.45, 7) is 1.56. The summed E-state index contributed by atoms with van der Waals surface area (Å²) < 4.78 is 5.42. The van der Waals surface area contributed by atoms with E-state index in [4.69, 9.17) is 4.74 Å². The van der Waals surface area contributed by atoms with Crippen LogP contribution in [0.1, 0.15) is 28.4 Å². The van der Waals surface area contributed by atoms with E-state index in [-0.39, 0.29) is 5.78 Å². The first-order valence-corrected chi connectivity index (χ1v) is 6.13. The van der Waals surface area contributed by atoms with Crippen molar-refractivity contribution in [3.8, 4) is 0 Å². The summed E-state index contributed by atoms with van der Waals surface area (Å²) in [5.74, 6) is 0.846. The summed E-state index contributed by atoms with van der Waals surface area (Å²) in [7, 11) is 1.65. The Bertz CT molecular complexity index is 580. The number of hydrogen-bond donors (Lipinski definition) is 0. The summed E-state index contributed by atoms with van der Waals surface area (Å²) in [5.41, 5.74) is 2.74. The molecule has 0 aliphatic rings. The summed E-state index contributed by atoms with van der Waals surface area (Å²) in [4.78, 5) is 11.2. The van der Waals surface area contributed by atoms with Crippen LogP contribution in [0.15, 0.2) is 54.6 Å². The zero-order valence-electron chi connectivity index (χ0n) is 11.1. The molecule has 0 spiro atoms.